The molecule has 2 N–H and O–H groups in total. The number of carbonyl (C=O) groups is 1. The molecule has 2 aromatic carbocycles. The Morgan fingerprint density at radius 1 is 1.20 bits per heavy atom. The molecule has 1 fully saturated rings. The number of aliphatic hydroxyl groups is 1. The summed E-state index contributed by atoms with van der Waals surface area (Å²) < 4.78 is 13.7. The van der Waals surface area contributed by atoms with E-state index in [0.29, 0.717) is 0 Å². The Balaban J connectivity index is 1.56. The minimum absolute atomic E-state index is 0.00937. The van der Waals surface area contributed by atoms with Gasteiger partial charge in [0.1, 0.15) is 5.82 Å². The lowest BCUT2D eigenvalue weighted by molar-refractivity contribution is -0.126. The molecule has 5 heteroatoms. The van der Waals surface area contributed by atoms with Gasteiger partial charge in [-0.15, -0.1) is 0 Å². The molecule has 0 aliphatic carbocycles. The van der Waals surface area contributed by atoms with Crippen molar-refractivity contribution in [2.75, 3.05) is 13.1 Å². The third kappa shape index (κ3) is 4.44. The number of nitrogens with zero attached hydrogens (tertiary/aromatic N) is 1. The Labute approximate surface area is 147 Å². The second kappa shape index (κ2) is 8.23. The van der Waals surface area contributed by atoms with Gasteiger partial charge in [-0.3, -0.25) is 9.69 Å². The van der Waals surface area contributed by atoms with Gasteiger partial charge in [0.2, 0.25) is 5.91 Å². The molecule has 25 heavy (non-hydrogen) atoms. The summed E-state index contributed by atoms with van der Waals surface area (Å²) in [6.07, 6.45) is 0.726. The van der Waals surface area contributed by atoms with Gasteiger partial charge in [-0.05, 0) is 31.0 Å². The first-order valence-electron chi connectivity index (χ1n) is 8.63. The van der Waals surface area contributed by atoms with Crippen LogP contribution in [0.15, 0.2) is 54.6 Å². The van der Waals surface area contributed by atoms with Gasteiger partial charge in [0.25, 0.3) is 0 Å². The van der Waals surface area contributed by atoms with Crippen molar-refractivity contribution in [3.05, 3.63) is 71.5 Å². The highest BCUT2D eigenvalue weighted by atomic mass is 19.1. The number of carbonyl (C=O) groups excluding carboxylic acids is 1. The fraction of sp³-hybridized carbons (Fsp3) is 0.350. The van der Waals surface area contributed by atoms with Gasteiger partial charge in [0, 0.05) is 18.7 Å². The second-order valence-electron chi connectivity index (χ2n) is 6.40. The Bertz CT molecular complexity index is 708. The van der Waals surface area contributed by atoms with Gasteiger partial charge >= 0.3 is 0 Å². The number of halogens is 1. The Morgan fingerprint density at radius 2 is 1.92 bits per heavy atom. The zero-order chi connectivity index (χ0) is 17.6. The fourth-order valence-corrected chi connectivity index (χ4v) is 3.30. The van der Waals surface area contributed by atoms with E-state index in [2.05, 4.69) is 22.3 Å². The predicted molar refractivity (Wildman–Crippen MR) is 94.2 cm³/mol. The molecule has 0 spiro atoms. The van der Waals surface area contributed by atoms with Crippen LogP contribution < -0.4 is 5.32 Å². The number of aliphatic hydroxyl groups excluding tert-OH is 1. The van der Waals surface area contributed by atoms with Gasteiger partial charge in [0.15, 0.2) is 0 Å². The van der Waals surface area contributed by atoms with E-state index in [0.717, 1.165) is 25.9 Å². The van der Waals surface area contributed by atoms with Crippen LogP contribution in [-0.2, 0) is 11.3 Å². The Hall–Kier alpha value is -2.24. The molecule has 1 aliphatic rings. The third-order valence-electron chi connectivity index (χ3n) is 4.63. The van der Waals surface area contributed by atoms with Crippen LogP contribution in [-0.4, -0.2) is 35.0 Å². The van der Waals surface area contributed by atoms with E-state index >= 15 is 0 Å². The van der Waals surface area contributed by atoms with Gasteiger partial charge in [0.05, 0.1) is 12.1 Å². The van der Waals surface area contributed by atoms with Gasteiger partial charge in [-0.2, -0.15) is 0 Å². The SMILES string of the molecule is O=C(NCC(O)c1ccccc1F)C1CCCN1Cc1ccccc1. The minimum atomic E-state index is -1.05. The summed E-state index contributed by atoms with van der Waals surface area (Å²) in [5.74, 6) is -0.570. The van der Waals surface area contributed by atoms with E-state index in [4.69, 9.17) is 0 Å². The highest BCUT2D eigenvalue weighted by molar-refractivity contribution is 5.82. The molecule has 2 atom stereocenters. The lowest BCUT2D eigenvalue weighted by Crippen LogP contribution is -2.44. The van der Waals surface area contributed by atoms with E-state index in [1.54, 1.807) is 12.1 Å². The molecule has 1 heterocycles. The maximum atomic E-state index is 13.7. The van der Waals surface area contributed by atoms with Crippen molar-refractivity contribution in [1.29, 1.82) is 0 Å². The standard InChI is InChI=1S/C20H23FN2O2/c21-17-10-5-4-9-16(17)19(24)13-22-20(25)18-11-6-12-23(18)14-15-7-2-1-3-8-15/h1-5,7-10,18-19,24H,6,11-14H2,(H,22,25). The highest BCUT2D eigenvalue weighted by Gasteiger charge is 2.30. The van der Waals surface area contributed by atoms with Crippen LogP contribution in [0.1, 0.15) is 30.1 Å². The minimum Gasteiger partial charge on any atom is -0.386 e. The molecule has 3 rings (SSSR count). The zero-order valence-electron chi connectivity index (χ0n) is 14.1. The van der Waals surface area contributed by atoms with Crippen molar-refractivity contribution in [3.8, 4) is 0 Å². The number of nitrogens with one attached hydrogen (secondary N) is 1. The van der Waals surface area contributed by atoms with E-state index in [1.807, 2.05) is 18.2 Å². The Morgan fingerprint density at radius 3 is 2.68 bits per heavy atom. The Kier molecular flexibility index (Phi) is 5.79. The van der Waals surface area contributed by atoms with Crippen molar-refractivity contribution in [1.82, 2.24) is 10.2 Å². The molecule has 132 valence electrons. The van der Waals surface area contributed by atoms with Crippen LogP contribution in [0, 0.1) is 5.82 Å². The quantitative estimate of drug-likeness (QED) is 0.849. The van der Waals surface area contributed by atoms with Crippen LogP contribution in [0.3, 0.4) is 0 Å². The number of hydrogen-bond acceptors (Lipinski definition) is 3. The van der Waals surface area contributed by atoms with Crippen LogP contribution in [0.4, 0.5) is 4.39 Å². The van der Waals surface area contributed by atoms with Crippen LogP contribution in [0.2, 0.25) is 0 Å². The van der Waals surface area contributed by atoms with Gasteiger partial charge in [-0.25, -0.2) is 4.39 Å². The normalized spacial score (nSPS) is 18.9. The highest BCUT2D eigenvalue weighted by Crippen LogP contribution is 2.21. The number of benzene rings is 2. The molecule has 0 saturated carbocycles. The summed E-state index contributed by atoms with van der Waals surface area (Å²) >= 11 is 0. The van der Waals surface area contributed by atoms with Crippen molar-refractivity contribution in [2.24, 2.45) is 0 Å². The van der Waals surface area contributed by atoms with Crippen molar-refractivity contribution < 1.29 is 14.3 Å². The number of rotatable bonds is 6. The van der Waals surface area contributed by atoms with Crippen LogP contribution in [0.5, 0.6) is 0 Å². The lowest BCUT2D eigenvalue weighted by Gasteiger charge is -2.24. The monoisotopic (exact) mass is 342 g/mol. The third-order valence-corrected chi connectivity index (χ3v) is 4.63. The zero-order valence-corrected chi connectivity index (χ0v) is 14.1. The van der Waals surface area contributed by atoms with E-state index in [9.17, 15) is 14.3 Å². The summed E-state index contributed by atoms with van der Waals surface area (Å²) in [4.78, 5) is 14.7. The molecule has 0 radical (unpaired) electrons. The van der Waals surface area contributed by atoms with E-state index < -0.39 is 11.9 Å². The summed E-state index contributed by atoms with van der Waals surface area (Å²) in [5, 5.41) is 12.9. The van der Waals surface area contributed by atoms with Crippen molar-refractivity contribution >= 4 is 5.91 Å². The van der Waals surface area contributed by atoms with Crippen LogP contribution >= 0.6 is 0 Å². The average molecular weight is 342 g/mol. The summed E-state index contributed by atoms with van der Waals surface area (Å²) in [6, 6.07) is 15.9. The summed E-state index contributed by atoms with van der Waals surface area (Å²) in [5.41, 5.74) is 1.38. The molecule has 2 aromatic rings. The van der Waals surface area contributed by atoms with Crippen LogP contribution in [0.25, 0.3) is 0 Å². The van der Waals surface area contributed by atoms with Gasteiger partial charge in [-0.1, -0.05) is 48.5 Å². The molecular formula is C20H23FN2O2. The molecule has 1 saturated heterocycles. The first-order valence-corrected chi connectivity index (χ1v) is 8.63. The topological polar surface area (TPSA) is 52.6 Å². The second-order valence-corrected chi connectivity index (χ2v) is 6.40. The van der Waals surface area contributed by atoms with Gasteiger partial charge < -0.3 is 10.4 Å². The molecular weight excluding hydrogens is 319 g/mol. The van der Waals surface area contributed by atoms with E-state index in [1.165, 1.54) is 17.7 Å². The first-order chi connectivity index (χ1) is 12.1. The molecule has 1 aliphatic heterocycles. The summed E-state index contributed by atoms with van der Waals surface area (Å²) in [6.45, 7) is 1.62. The summed E-state index contributed by atoms with van der Waals surface area (Å²) in [7, 11) is 0. The largest absolute Gasteiger partial charge is 0.386 e. The molecule has 2 unspecified atom stereocenters. The number of amides is 1. The first kappa shape index (κ1) is 17.6. The smallest absolute Gasteiger partial charge is 0.237 e. The van der Waals surface area contributed by atoms with Crippen molar-refractivity contribution in [3.63, 3.8) is 0 Å². The fourth-order valence-electron chi connectivity index (χ4n) is 3.30. The van der Waals surface area contributed by atoms with Crippen molar-refractivity contribution in [2.45, 2.75) is 31.5 Å². The molecule has 1 amide bonds. The maximum absolute atomic E-state index is 13.7. The maximum Gasteiger partial charge on any atom is 0.237 e. The van der Waals surface area contributed by atoms with E-state index in [-0.39, 0.29) is 24.1 Å². The predicted octanol–water partition coefficient (Wildman–Crippen LogP) is 2.64. The molecule has 0 aromatic heterocycles. The molecule has 4 nitrogen and oxygen atoms in total. The number of likely N-dealkylation sites (tertiary alicyclic amines) is 1. The lowest BCUT2D eigenvalue weighted by atomic mass is 10.1. The number of hydrogen-bond donors (Lipinski definition) is 2. The molecule has 0 bridgehead atoms. The average Bonchev–Trinajstić information content (AvgIpc) is 3.09.